The summed E-state index contributed by atoms with van der Waals surface area (Å²) in [6.07, 6.45) is 1.40. The molecule has 3 rings (SSSR count). The molecular weight excluding hydrogens is 360 g/mol. The average molecular weight is 379 g/mol. The largest absolute Gasteiger partial charge is 0.858 e. The molecule has 28 heavy (non-hydrogen) atoms. The molecule has 1 aromatic heterocycles. The zero-order chi connectivity index (χ0) is 20.1. The van der Waals surface area contributed by atoms with E-state index < -0.39 is 5.88 Å². The van der Waals surface area contributed by atoms with Crippen LogP contribution in [0.4, 0.5) is 5.69 Å². The molecule has 8 nitrogen and oxygen atoms in total. The summed E-state index contributed by atoms with van der Waals surface area (Å²) in [7, 11) is 4.55. The Morgan fingerprint density at radius 2 is 1.71 bits per heavy atom. The fourth-order valence-corrected chi connectivity index (χ4v) is 2.73. The van der Waals surface area contributed by atoms with Crippen LogP contribution in [-0.4, -0.2) is 38.2 Å². The van der Waals surface area contributed by atoms with Gasteiger partial charge in [-0.25, -0.2) is 0 Å². The van der Waals surface area contributed by atoms with Crippen LogP contribution in [-0.2, 0) is 0 Å². The molecule has 0 aliphatic heterocycles. The number of nitrogens with zero attached hydrogens (tertiary/aromatic N) is 3. The van der Waals surface area contributed by atoms with Gasteiger partial charge in [0.25, 0.3) is 0 Å². The minimum atomic E-state index is -0.431. The number of methoxy groups -OCH3 is 3. The second-order valence-electron chi connectivity index (χ2n) is 5.69. The molecule has 0 radical (unpaired) electrons. The number of pyridine rings is 1. The molecule has 1 heterocycles. The van der Waals surface area contributed by atoms with E-state index in [9.17, 15) is 5.11 Å². The standard InChI is InChI=1S/C20H20N4O4/c1-26-17-9-13(10-18(27-2)19(17)28-3)22-11-16(24-21)14-8-12-6-4-5-7-15(12)23-20(14)25/h4-11H,21H2,1-3H3,(H,23,25)/p-1. The van der Waals surface area contributed by atoms with Gasteiger partial charge in [-0.3, -0.25) is 9.98 Å². The van der Waals surface area contributed by atoms with Crippen molar-refractivity contribution < 1.29 is 19.3 Å². The van der Waals surface area contributed by atoms with Gasteiger partial charge < -0.3 is 25.2 Å². The SMILES string of the molecule is COc1cc(N=CC(=NN)c2cc3ccccc3nc2[O-])cc(OC)c1OC. The van der Waals surface area contributed by atoms with Gasteiger partial charge in [0.2, 0.25) is 5.75 Å². The van der Waals surface area contributed by atoms with E-state index in [2.05, 4.69) is 15.1 Å². The molecule has 0 spiro atoms. The minimum absolute atomic E-state index is 0.206. The lowest BCUT2D eigenvalue weighted by Gasteiger charge is -2.14. The smallest absolute Gasteiger partial charge is 0.203 e. The zero-order valence-electron chi connectivity index (χ0n) is 15.7. The molecule has 0 atom stereocenters. The lowest BCUT2D eigenvalue weighted by atomic mass is 10.1. The Labute approximate surface area is 161 Å². The number of hydrogen-bond donors (Lipinski definition) is 1. The third kappa shape index (κ3) is 3.66. The number of aromatic nitrogens is 1. The Balaban J connectivity index is 2.00. The molecule has 0 saturated heterocycles. The van der Waals surface area contributed by atoms with E-state index in [0.717, 1.165) is 5.39 Å². The van der Waals surface area contributed by atoms with Gasteiger partial charge in [-0.15, -0.1) is 0 Å². The second kappa shape index (κ2) is 8.26. The Kier molecular flexibility index (Phi) is 5.59. The van der Waals surface area contributed by atoms with Gasteiger partial charge in [-0.2, -0.15) is 5.10 Å². The quantitative estimate of drug-likeness (QED) is 0.400. The molecule has 8 heteroatoms. The highest BCUT2D eigenvalue weighted by molar-refractivity contribution is 6.39. The lowest BCUT2D eigenvalue weighted by molar-refractivity contribution is -0.274. The topological polar surface area (TPSA) is 114 Å². The number of ether oxygens (including phenoxy) is 3. The Morgan fingerprint density at radius 1 is 1.04 bits per heavy atom. The first kappa shape index (κ1) is 19.0. The van der Waals surface area contributed by atoms with E-state index in [1.807, 2.05) is 18.2 Å². The van der Waals surface area contributed by atoms with Crippen molar-refractivity contribution >= 4 is 28.5 Å². The third-order valence-corrected chi connectivity index (χ3v) is 4.09. The lowest BCUT2D eigenvalue weighted by Crippen LogP contribution is -2.11. The van der Waals surface area contributed by atoms with Crippen LogP contribution < -0.4 is 25.2 Å². The maximum atomic E-state index is 12.4. The van der Waals surface area contributed by atoms with Gasteiger partial charge in [-0.05, 0) is 18.0 Å². The van der Waals surface area contributed by atoms with Crippen LogP contribution in [0.5, 0.6) is 23.1 Å². The van der Waals surface area contributed by atoms with Crippen molar-refractivity contribution in [1.82, 2.24) is 4.98 Å². The summed E-state index contributed by atoms with van der Waals surface area (Å²) in [5.74, 6) is 6.44. The number of aliphatic imine (C=N–C) groups is 1. The molecule has 0 saturated carbocycles. The predicted octanol–water partition coefficient (Wildman–Crippen LogP) is 2.40. The van der Waals surface area contributed by atoms with Crippen LogP contribution in [0.3, 0.4) is 0 Å². The maximum absolute atomic E-state index is 12.4. The van der Waals surface area contributed by atoms with Crippen LogP contribution in [0.15, 0.2) is 52.6 Å². The fourth-order valence-electron chi connectivity index (χ4n) is 2.73. The summed E-state index contributed by atoms with van der Waals surface area (Å²) >= 11 is 0. The molecular formula is C20H19N4O4-. The number of hydrazone groups is 1. The first-order chi connectivity index (χ1) is 13.6. The van der Waals surface area contributed by atoms with Gasteiger partial charge in [0.05, 0.1) is 38.7 Å². The maximum Gasteiger partial charge on any atom is 0.203 e. The molecule has 0 aliphatic rings. The van der Waals surface area contributed by atoms with Crippen LogP contribution in [0, 0.1) is 0 Å². The molecule has 144 valence electrons. The molecule has 2 N–H and O–H groups in total. The fraction of sp³-hybridized carbons (Fsp3) is 0.150. The summed E-state index contributed by atoms with van der Waals surface area (Å²) < 4.78 is 15.9. The summed E-state index contributed by atoms with van der Waals surface area (Å²) in [4.78, 5) is 8.42. The molecule has 2 aromatic carbocycles. The number of benzene rings is 2. The van der Waals surface area contributed by atoms with Gasteiger partial charge in [0.1, 0.15) is 5.71 Å². The molecule has 0 amide bonds. The highest BCUT2D eigenvalue weighted by Gasteiger charge is 2.13. The Bertz CT molecular complexity index is 1040. The van der Waals surface area contributed by atoms with Gasteiger partial charge >= 0.3 is 0 Å². The van der Waals surface area contributed by atoms with E-state index in [0.29, 0.717) is 28.5 Å². The number of rotatable bonds is 6. The predicted molar refractivity (Wildman–Crippen MR) is 106 cm³/mol. The number of hydrogen-bond acceptors (Lipinski definition) is 8. The first-order valence-corrected chi connectivity index (χ1v) is 8.30. The minimum Gasteiger partial charge on any atom is -0.858 e. The van der Waals surface area contributed by atoms with E-state index in [4.69, 9.17) is 20.1 Å². The van der Waals surface area contributed by atoms with Crippen molar-refractivity contribution in [2.24, 2.45) is 15.9 Å². The van der Waals surface area contributed by atoms with Crippen LogP contribution in [0.25, 0.3) is 10.9 Å². The highest BCUT2D eigenvalue weighted by atomic mass is 16.5. The molecule has 3 aromatic rings. The van der Waals surface area contributed by atoms with Gasteiger partial charge in [0.15, 0.2) is 11.5 Å². The molecule has 0 bridgehead atoms. The second-order valence-corrected chi connectivity index (χ2v) is 5.69. The zero-order valence-corrected chi connectivity index (χ0v) is 15.7. The van der Waals surface area contributed by atoms with Crippen LogP contribution >= 0.6 is 0 Å². The summed E-state index contributed by atoms with van der Waals surface area (Å²) in [6, 6.07) is 12.3. The van der Waals surface area contributed by atoms with Gasteiger partial charge in [0, 0.05) is 23.1 Å². The van der Waals surface area contributed by atoms with Crippen LogP contribution in [0.2, 0.25) is 0 Å². The Morgan fingerprint density at radius 3 is 2.32 bits per heavy atom. The van der Waals surface area contributed by atoms with E-state index in [1.165, 1.54) is 27.5 Å². The summed E-state index contributed by atoms with van der Waals surface area (Å²) in [5, 5.41) is 16.9. The normalized spacial score (nSPS) is 11.8. The summed E-state index contributed by atoms with van der Waals surface area (Å²) in [5.41, 5.74) is 1.58. The monoisotopic (exact) mass is 379 g/mol. The average Bonchev–Trinajstić information content (AvgIpc) is 2.73. The third-order valence-electron chi connectivity index (χ3n) is 4.09. The van der Waals surface area contributed by atoms with Crippen molar-refractivity contribution in [1.29, 1.82) is 0 Å². The van der Waals surface area contributed by atoms with Crippen molar-refractivity contribution in [2.75, 3.05) is 21.3 Å². The van der Waals surface area contributed by atoms with E-state index in [-0.39, 0.29) is 11.3 Å². The number of para-hydroxylation sites is 1. The van der Waals surface area contributed by atoms with Crippen molar-refractivity contribution in [3.63, 3.8) is 0 Å². The first-order valence-electron chi connectivity index (χ1n) is 8.30. The van der Waals surface area contributed by atoms with Crippen LogP contribution in [0.1, 0.15) is 5.56 Å². The summed E-state index contributed by atoms with van der Waals surface area (Å²) in [6.45, 7) is 0. The van der Waals surface area contributed by atoms with Crippen molar-refractivity contribution in [2.45, 2.75) is 0 Å². The Hall–Kier alpha value is -3.81. The molecule has 0 fully saturated rings. The van der Waals surface area contributed by atoms with Crippen molar-refractivity contribution in [3.8, 4) is 23.1 Å². The number of nitrogens with two attached hydrogens (primary N) is 1. The molecule has 0 aliphatic carbocycles. The molecule has 0 unspecified atom stereocenters. The van der Waals surface area contributed by atoms with E-state index in [1.54, 1.807) is 24.3 Å². The number of fused-ring (bicyclic) bond motifs is 1. The van der Waals surface area contributed by atoms with Gasteiger partial charge in [-0.1, -0.05) is 18.2 Å². The van der Waals surface area contributed by atoms with E-state index >= 15 is 0 Å². The highest BCUT2D eigenvalue weighted by Crippen LogP contribution is 2.40. The van der Waals surface area contributed by atoms with Crippen molar-refractivity contribution in [3.05, 3.63) is 48.0 Å².